The number of benzene rings is 1. The predicted molar refractivity (Wildman–Crippen MR) is 64.0 cm³/mol. The fourth-order valence-electron chi connectivity index (χ4n) is 1.43. The molecule has 0 saturated heterocycles. The number of hydrogen-bond donors (Lipinski definition) is 3. The van der Waals surface area contributed by atoms with Gasteiger partial charge >= 0.3 is 0 Å². The highest BCUT2D eigenvalue weighted by molar-refractivity contribution is 9.10. The molecule has 1 aromatic carbocycles. The van der Waals surface area contributed by atoms with Gasteiger partial charge < -0.3 is 15.9 Å². The van der Waals surface area contributed by atoms with E-state index in [2.05, 4.69) is 21.0 Å². The Hall–Kier alpha value is -1.76. The van der Waals surface area contributed by atoms with Gasteiger partial charge in [-0.15, -0.1) is 0 Å². The summed E-state index contributed by atoms with van der Waals surface area (Å²) >= 11 is 3.10. The second-order valence-electron chi connectivity index (χ2n) is 3.49. The molecule has 4 N–H and O–H groups in total. The molecule has 0 amide bonds. The molecule has 7 heteroatoms. The fourth-order valence-corrected chi connectivity index (χ4v) is 2.03. The van der Waals surface area contributed by atoms with Crippen LogP contribution in [0.3, 0.4) is 0 Å². The molecule has 2 aromatic rings. The van der Waals surface area contributed by atoms with E-state index in [1.54, 1.807) is 7.05 Å². The third-order valence-corrected chi connectivity index (χ3v) is 2.97. The second-order valence-corrected chi connectivity index (χ2v) is 4.35. The van der Waals surface area contributed by atoms with Crippen LogP contribution in [0, 0.1) is 5.82 Å². The van der Waals surface area contributed by atoms with E-state index in [1.807, 2.05) is 0 Å². The SMILES string of the molecule is Cn1nc(-c2c(Br)cc(O)c(O)c2F)cc1N. The van der Waals surface area contributed by atoms with Gasteiger partial charge in [-0.3, -0.25) is 4.68 Å². The Balaban J connectivity index is 2.71. The van der Waals surface area contributed by atoms with Crippen LogP contribution in [0.2, 0.25) is 0 Å². The van der Waals surface area contributed by atoms with Crippen molar-refractivity contribution in [1.29, 1.82) is 0 Å². The fraction of sp³-hybridized carbons (Fsp3) is 0.100. The van der Waals surface area contributed by atoms with E-state index in [0.29, 0.717) is 5.82 Å². The predicted octanol–water partition coefficient (Wildman–Crippen LogP) is 1.98. The highest BCUT2D eigenvalue weighted by Crippen LogP contribution is 2.40. The monoisotopic (exact) mass is 301 g/mol. The van der Waals surface area contributed by atoms with E-state index >= 15 is 0 Å². The molecule has 0 aliphatic rings. The average Bonchev–Trinajstić information content (AvgIpc) is 2.56. The molecule has 0 aliphatic heterocycles. The van der Waals surface area contributed by atoms with Gasteiger partial charge in [0.1, 0.15) is 5.82 Å². The molecule has 0 spiro atoms. The van der Waals surface area contributed by atoms with Gasteiger partial charge in [-0.05, 0) is 22.0 Å². The zero-order valence-corrected chi connectivity index (χ0v) is 10.4. The number of nitrogens with two attached hydrogens (primary N) is 1. The number of aromatic nitrogens is 2. The molecule has 0 unspecified atom stereocenters. The van der Waals surface area contributed by atoms with Crippen molar-refractivity contribution in [3.8, 4) is 22.8 Å². The minimum absolute atomic E-state index is 0.0487. The number of nitrogen functional groups attached to an aromatic ring is 1. The third kappa shape index (κ3) is 1.82. The number of aryl methyl sites for hydroxylation is 1. The first kappa shape index (κ1) is 11.7. The van der Waals surface area contributed by atoms with Crippen LogP contribution >= 0.6 is 15.9 Å². The Morgan fingerprint density at radius 1 is 1.41 bits per heavy atom. The van der Waals surface area contributed by atoms with Crippen LogP contribution in [0.15, 0.2) is 16.6 Å². The maximum atomic E-state index is 13.8. The van der Waals surface area contributed by atoms with Crippen LogP contribution < -0.4 is 5.73 Å². The maximum absolute atomic E-state index is 13.8. The number of anilines is 1. The second kappa shape index (κ2) is 3.92. The lowest BCUT2D eigenvalue weighted by atomic mass is 10.1. The number of halogens is 2. The van der Waals surface area contributed by atoms with Crippen LogP contribution in [-0.2, 0) is 7.05 Å². The molecule has 0 bridgehead atoms. The minimum Gasteiger partial charge on any atom is -0.504 e. The normalized spacial score (nSPS) is 10.8. The molecule has 1 heterocycles. The summed E-state index contributed by atoms with van der Waals surface area (Å²) in [5, 5.41) is 22.6. The molecule has 0 atom stereocenters. The number of phenols is 2. The van der Waals surface area contributed by atoms with Crippen molar-refractivity contribution < 1.29 is 14.6 Å². The number of rotatable bonds is 1. The van der Waals surface area contributed by atoms with E-state index < -0.39 is 17.3 Å². The van der Waals surface area contributed by atoms with Crippen molar-refractivity contribution in [1.82, 2.24) is 9.78 Å². The largest absolute Gasteiger partial charge is 0.504 e. The highest BCUT2D eigenvalue weighted by atomic mass is 79.9. The van der Waals surface area contributed by atoms with Crippen molar-refractivity contribution in [3.63, 3.8) is 0 Å². The summed E-state index contributed by atoms with van der Waals surface area (Å²) in [6.07, 6.45) is 0. The summed E-state index contributed by atoms with van der Waals surface area (Å²) < 4.78 is 15.5. The zero-order chi connectivity index (χ0) is 12.7. The van der Waals surface area contributed by atoms with E-state index in [9.17, 15) is 14.6 Å². The molecule has 0 saturated carbocycles. The van der Waals surface area contributed by atoms with Crippen molar-refractivity contribution in [2.45, 2.75) is 0 Å². The number of phenolic OH excluding ortho intramolecular Hbond substituents is 2. The highest BCUT2D eigenvalue weighted by Gasteiger charge is 2.20. The lowest BCUT2D eigenvalue weighted by Crippen LogP contribution is -1.97. The van der Waals surface area contributed by atoms with Gasteiger partial charge in [0.2, 0.25) is 0 Å². The van der Waals surface area contributed by atoms with Gasteiger partial charge in [0.05, 0.1) is 11.3 Å². The minimum atomic E-state index is -0.949. The summed E-state index contributed by atoms with van der Waals surface area (Å²) in [4.78, 5) is 0. The van der Waals surface area contributed by atoms with Crippen molar-refractivity contribution in [2.24, 2.45) is 7.05 Å². The standard InChI is InChI=1S/C10H9BrFN3O2/c1-15-7(13)3-5(14-15)8-4(11)2-6(16)10(17)9(8)12/h2-3,16-17H,13H2,1H3. The summed E-state index contributed by atoms with van der Waals surface area (Å²) in [5.41, 5.74) is 5.91. The van der Waals surface area contributed by atoms with Gasteiger partial charge in [0.25, 0.3) is 0 Å². The van der Waals surface area contributed by atoms with Crippen LogP contribution in [0.5, 0.6) is 11.5 Å². The molecule has 1 aromatic heterocycles. The average molecular weight is 302 g/mol. The van der Waals surface area contributed by atoms with Gasteiger partial charge in [0.15, 0.2) is 17.3 Å². The Labute approximate surface area is 104 Å². The Kier molecular flexibility index (Phi) is 2.70. The smallest absolute Gasteiger partial charge is 0.194 e. The lowest BCUT2D eigenvalue weighted by Gasteiger charge is -2.06. The molecule has 5 nitrogen and oxygen atoms in total. The van der Waals surface area contributed by atoms with Crippen LogP contribution in [-0.4, -0.2) is 20.0 Å². The summed E-state index contributed by atoms with van der Waals surface area (Å²) in [6.45, 7) is 0. The topological polar surface area (TPSA) is 84.3 Å². The molecular formula is C10H9BrFN3O2. The Bertz CT molecular complexity index is 578. The summed E-state index contributed by atoms with van der Waals surface area (Å²) in [6, 6.07) is 2.66. The zero-order valence-electron chi connectivity index (χ0n) is 8.78. The lowest BCUT2D eigenvalue weighted by molar-refractivity contribution is 0.379. The first-order valence-corrected chi connectivity index (χ1v) is 5.41. The first-order chi connectivity index (χ1) is 7.91. The van der Waals surface area contributed by atoms with Crippen LogP contribution in [0.4, 0.5) is 10.2 Å². The van der Waals surface area contributed by atoms with Crippen LogP contribution in [0.25, 0.3) is 11.3 Å². The van der Waals surface area contributed by atoms with Gasteiger partial charge in [-0.1, -0.05) is 0 Å². The molecule has 0 radical (unpaired) electrons. The van der Waals surface area contributed by atoms with E-state index in [4.69, 9.17) is 5.73 Å². The van der Waals surface area contributed by atoms with Crippen molar-refractivity contribution in [2.75, 3.05) is 5.73 Å². The van der Waals surface area contributed by atoms with E-state index in [1.165, 1.54) is 16.8 Å². The molecule has 0 fully saturated rings. The molecular weight excluding hydrogens is 293 g/mol. The van der Waals surface area contributed by atoms with Crippen LogP contribution in [0.1, 0.15) is 0 Å². The third-order valence-electron chi connectivity index (χ3n) is 2.34. The Morgan fingerprint density at radius 2 is 2.06 bits per heavy atom. The molecule has 17 heavy (non-hydrogen) atoms. The van der Waals surface area contributed by atoms with E-state index in [-0.39, 0.29) is 15.7 Å². The summed E-state index contributed by atoms with van der Waals surface area (Å²) in [7, 11) is 1.62. The number of hydrogen-bond acceptors (Lipinski definition) is 4. The molecule has 0 aliphatic carbocycles. The van der Waals surface area contributed by atoms with Crippen molar-refractivity contribution >= 4 is 21.7 Å². The number of aromatic hydroxyl groups is 2. The molecule has 2 rings (SSSR count). The van der Waals surface area contributed by atoms with Gasteiger partial charge in [-0.25, -0.2) is 4.39 Å². The van der Waals surface area contributed by atoms with Crippen molar-refractivity contribution in [3.05, 3.63) is 22.4 Å². The summed E-state index contributed by atoms with van der Waals surface area (Å²) in [5.74, 6) is -1.94. The Morgan fingerprint density at radius 3 is 2.59 bits per heavy atom. The number of nitrogens with zero attached hydrogens (tertiary/aromatic N) is 2. The first-order valence-electron chi connectivity index (χ1n) is 4.61. The molecule has 90 valence electrons. The van der Waals surface area contributed by atoms with Gasteiger partial charge in [-0.2, -0.15) is 5.10 Å². The quantitative estimate of drug-likeness (QED) is 0.703. The maximum Gasteiger partial charge on any atom is 0.194 e. The van der Waals surface area contributed by atoms with Gasteiger partial charge in [0, 0.05) is 17.6 Å². The van der Waals surface area contributed by atoms with E-state index in [0.717, 1.165) is 0 Å².